The summed E-state index contributed by atoms with van der Waals surface area (Å²) in [5, 5.41) is 16.0. The highest BCUT2D eigenvalue weighted by molar-refractivity contribution is 7.99. The van der Waals surface area contributed by atoms with Crippen molar-refractivity contribution in [2.75, 3.05) is 16.9 Å². The van der Waals surface area contributed by atoms with Gasteiger partial charge in [-0.15, -0.1) is 11.8 Å². The van der Waals surface area contributed by atoms with Gasteiger partial charge in [0.2, 0.25) is 11.7 Å². The molecule has 1 aliphatic rings. The lowest BCUT2D eigenvalue weighted by Gasteiger charge is -2.10. The fraction of sp³-hybridized carbons (Fsp3) is 0.300. The molecule has 1 heterocycles. The van der Waals surface area contributed by atoms with Crippen molar-refractivity contribution in [2.24, 2.45) is 0 Å². The largest absolute Gasteiger partial charge is 0.324 e. The molecule has 0 saturated carbocycles. The lowest BCUT2D eigenvalue weighted by Crippen LogP contribution is -2.37. The van der Waals surface area contributed by atoms with E-state index in [4.69, 9.17) is 0 Å². The van der Waals surface area contributed by atoms with Crippen LogP contribution in [0.1, 0.15) is 0 Å². The zero-order valence-corrected chi connectivity index (χ0v) is 10.00. The standard InChI is InChI=1S/C10H10FN3O3S/c11-7-2-1-6(3-9(7)14(16)17)13-10(15)8-4-18-5-12-8/h1-3,8,12H,4-5H2,(H,13,15). The van der Waals surface area contributed by atoms with Crippen molar-refractivity contribution in [3.63, 3.8) is 0 Å². The number of nitrogens with one attached hydrogen (secondary N) is 2. The van der Waals surface area contributed by atoms with Gasteiger partial charge in [-0.3, -0.25) is 20.2 Å². The predicted octanol–water partition coefficient (Wildman–Crippen LogP) is 1.33. The summed E-state index contributed by atoms with van der Waals surface area (Å²) in [6.07, 6.45) is 0. The van der Waals surface area contributed by atoms with Gasteiger partial charge in [0, 0.05) is 23.4 Å². The zero-order chi connectivity index (χ0) is 13.1. The molecular formula is C10H10FN3O3S. The molecule has 1 fully saturated rings. The van der Waals surface area contributed by atoms with Gasteiger partial charge in [-0.1, -0.05) is 0 Å². The molecule has 2 rings (SSSR count). The van der Waals surface area contributed by atoms with Crippen LogP contribution in [0.2, 0.25) is 0 Å². The molecule has 1 aromatic rings. The molecule has 0 bridgehead atoms. The second kappa shape index (κ2) is 5.32. The van der Waals surface area contributed by atoms with Crippen molar-refractivity contribution in [1.82, 2.24) is 5.32 Å². The predicted molar refractivity (Wildman–Crippen MR) is 65.9 cm³/mol. The maximum absolute atomic E-state index is 13.1. The Bertz CT molecular complexity index is 491. The van der Waals surface area contributed by atoms with Crippen LogP contribution < -0.4 is 10.6 Å². The van der Waals surface area contributed by atoms with Crippen molar-refractivity contribution < 1.29 is 14.1 Å². The van der Waals surface area contributed by atoms with Gasteiger partial charge in [-0.2, -0.15) is 4.39 Å². The Hall–Kier alpha value is -1.67. The lowest BCUT2D eigenvalue weighted by atomic mass is 10.2. The SMILES string of the molecule is O=C(Nc1ccc(F)c([N+](=O)[O-])c1)C1CSCN1. The first-order valence-electron chi connectivity index (χ1n) is 5.14. The monoisotopic (exact) mass is 271 g/mol. The highest BCUT2D eigenvalue weighted by Crippen LogP contribution is 2.22. The Morgan fingerprint density at radius 3 is 3.00 bits per heavy atom. The number of nitro groups is 1. The van der Waals surface area contributed by atoms with Crippen LogP contribution in [0.3, 0.4) is 0 Å². The molecule has 0 aromatic heterocycles. The minimum atomic E-state index is -0.924. The third-order valence-corrected chi connectivity index (χ3v) is 3.38. The van der Waals surface area contributed by atoms with E-state index in [0.29, 0.717) is 11.6 Å². The molecule has 0 radical (unpaired) electrons. The van der Waals surface area contributed by atoms with Crippen LogP contribution in [0.4, 0.5) is 15.8 Å². The second-order valence-corrected chi connectivity index (χ2v) is 4.71. The normalized spacial score (nSPS) is 18.6. The number of rotatable bonds is 3. The summed E-state index contributed by atoms with van der Waals surface area (Å²) in [7, 11) is 0. The first-order valence-corrected chi connectivity index (χ1v) is 6.29. The maximum atomic E-state index is 13.1. The van der Waals surface area contributed by atoms with Crippen LogP contribution in [0.5, 0.6) is 0 Å². The number of nitro benzene ring substituents is 1. The highest BCUT2D eigenvalue weighted by Gasteiger charge is 2.23. The third-order valence-electron chi connectivity index (χ3n) is 2.44. The highest BCUT2D eigenvalue weighted by atomic mass is 32.2. The minimum Gasteiger partial charge on any atom is -0.324 e. The Balaban J connectivity index is 2.11. The summed E-state index contributed by atoms with van der Waals surface area (Å²) in [4.78, 5) is 21.5. The molecule has 1 unspecified atom stereocenters. The number of halogens is 1. The fourth-order valence-electron chi connectivity index (χ4n) is 1.52. The Morgan fingerprint density at radius 2 is 2.39 bits per heavy atom. The number of hydrogen-bond acceptors (Lipinski definition) is 5. The fourth-order valence-corrected chi connectivity index (χ4v) is 2.47. The molecular weight excluding hydrogens is 261 g/mol. The molecule has 1 aromatic carbocycles. The number of nitrogens with zero attached hydrogens (tertiary/aromatic N) is 1. The van der Waals surface area contributed by atoms with Crippen molar-refractivity contribution in [2.45, 2.75) is 6.04 Å². The number of benzene rings is 1. The van der Waals surface area contributed by atoms with Crippen LogP contribution >= 0.6 is 11.8 Å². The van der Waals surface area contributed by atoms with E-state index < -0.39 is 16.4 Å². The van der Waals surface area contributed by atoms with E-state index in [0.717, 1.165) is 12.1 Å². The maximum Gasteiger partial charge on any atom is 0.306 e. The number of thioether (sulfide) groups is 1. The van der Waals surface area contributed by atoms with Crippen molar-refractivity contribution in [3.05, 3.63) is 34.1 Å². The Kier molecular flexibility index (Phi) is 3.78. The first-order chi connectivity index (χ1) is 8.58. The molecule has 18 heavy (non-hydrogen) atoms. The summed E-state index contributed by atoms with van der Waals surface area (Å²) in [5.41, 5.74) is -0.437. The number of carbonyl (C=O) groups is 1. The quantitative estimate of drug-likeness (QED) is 0.640. The molecule has 0 spiro atoms. The van der Waals surface area contributed by atoms with E-state index in [9.17, 15) is 19.3 Å². The zero-order valence-electron chi connectivity index (χ0n) is 9.18. The second-order valence-electron chi connectivity index (χ2n) is 3.68. The van der Waals surface area contributed by atoms with Crippen molar-refractivity contribution >= 4 is 29.0 Å². The van der Waals surface area contributed by atoms with Gasteiger partial charge < -0.3 is 5.32 Å². The summed E-state index contributed by atoms with van der Waals surface area (Å²) >= 11 is 1.59. The molecule has 2 N–H and O–H groups in total. The molecule has 1 atom stereocenters. The van der Waals surface area contributed by atoms with Gasteiger partial charge in [0.05, 0.1) is 11.0 Å². The average Bonchev–Trinajstić information content (AvgIpc) is 2.85. The van der Waals surface area contributed by atoms with Crippen LogP contribution in [0, 0.1) is 15.9 Å². The smallest absolute Gasteiger partial charge is 0.306 e. The summed E-state index contributed by atoms with van der Waals surface area (Å²) in [6, 6.07) is 2.95. The van der Waals surface area contributed by atoms with Gasteiger partial charge in [0.25, 0.3) is 0 Å². The molecule has 8 heteroatoms. The molecule has 6 nitrogen and oxygen atoms in total. The Morgan fingerprint density at radius 1 is 1.61 bits per heavy atom. The Labute approximate surface area is 106 Å². The summed E-state index contributed by atoms with van der Waals surface area (Å²) in [5.74, 6) is 0.144. The van der Waals surface area contributed by atoms with Crippen LogP contribution in [0.25, 0.3) is 0 Å². The minimum absolute atomic E-state index is 0.215. The van der Waals surface area contributed by atoms with Crippen molar-refractivity contribution in [3.8, 4) is 0 Å². The molecule has 1 amide bonds. The van der Waals surface area contributed by atoms with Gasteiger partial charge in [0.15, 0.2) is 0 Å². The van der Waals surface area contributed by atoms with Gasteiger partial charge >= 0.3 is 5.69 Å². The van der Waals surface area contributed by atoms with E-state index >= 15 is 0 Å². The van der Waals surface area contributed by atoms with Crippen molar-refractivity contribution in [1.29, 1.82) is 0 Å². The van der Waals surface area contributed by atoms with E-state index in [2.05, 4.69) is 10.6 Å². The molecule has 1 saturated heterocycles. The van der Waals surface area contributed by atoms with Gasteiger partial charge in [-0.05, 0) is 12.1 Å². The van der Waals surface area contributed by atoms with E-state index in [1.807, 2.05) is 0 Å². The van der Waals surface area contributed by atoms with Crippen LogP contribution in [0.15, 0.2) is 18.2 Å². The van der Waals surface area contributed by atoms with E-state index in [1.54, 1.807) is 11.8 Å². The lowest BCUT2D eigenvalue weighted by molar-refractivity contribution is -0.387. The van der Waals surface area contributed by atoms with E-state index in [1.165, 1.54) is 6.07 Å². The van der Waals surface area contributed by atoms with Crippen LogP contribution in [-0.2, 0) is 4.79 Å². The number of hydrogen-bond donors (Lipinski definition) is 2. The number of amides is 1. The third kappa shape index (κ3) is 2.77. The van der Waals surface area contributed by atoms with Gasteiger partial charge in [0.1, 0.15) is 0 Å². The topological polar surface area (TPSA) is 84.3 Å². The number of carbonyl (C=O) groups excluding carboxylic acids is 1. The van der Waals surface area contributed by atoms with Crippen LogP contribution in [-0.4, -0.2) is 28.5 Å². The van der Waals surface area contributed by atoms with E-state index in [-0.39, 0.29) is 17.6 Å². The molecule has 96 valence electrons. The summed E-state index contributed by atoms with van der Waals surface area (Å²) < 4.78 is 13.1. The molecule has 0 aliphatic carbocycles. The van der Waals surface area contributed by atoms with Gasteiger partial charge in [-0.25, -0.2) is 0 Å². The number of anilines is 1. The summed E-state index contributed by atoms with van der Waals surface area (Å²) in [6.45, 7) is 0. The first kappa shape index (κ1) is 12.8. The average molecular weight is 271 g/mol. The molecule has 1 aliphatic heterocycles.